The zero-order valence-corrected chi connectivity index (χ0v) is 17.7. The van der Waals surface area contributed by atoms with Crippen LogP contribution in [-0.4, -0.2) is 40.7 Å². The number of fused-ring (bicyclic) bond motifs is 1. The maximum absolute atomic E-state index is 13.1. The van der Waals surface area contributed by atoms with Crippen LogP contribution in [-0.2, 0) is 29.4 Å². The summed E-state index contributed by atoms with van der Waals surface area (Å²) in [5, 5.41) is 0.163. The second-order valence-corrected chi connectivity index (χ2v) is 9.10. The quantitative estimate of drug-likeness (QED) is 0.613. The lowest BCUT2D eigenvalue weighted by Gasteiger charge is -2.29. The van der Waals surface area contributed by atoms with Crippen molar-refractivity contribution >= 4 is 26.9 Å². The van der Waals surface area contributed by atoms with Crippen LogP contribution in [0.2, 0.25) is 0 Å². The van der Waals surface area contributed by atoms with Crippen LogP contribution in [0.1, 0.15) is 16.7 Å². The van der Waals surface area contributed by atoms with E-state index in [9.17, 15) is 21.6 Å². The summed E-state index contributed by atoms with van der Waals surface area (Å²) in [5.74, 6) is 0.0451. The van der Waals surface area contributed by atoms with Crippen LogP contribution in [0.3, 0.4) is 0 Å². The van der Waals surface area contributed by atoms with Gasteiger partial charge < -0.3 is 4.74 Å². The molecule has 4 rings (SSSR count). The van der Waals surface area contributed by atoms with Gasteiger partial charge in [-0.3, -0.25) is 4.98 Å². The lowest BCUT2D eigenvalue weighted by atomic mass is 9.95. The van der Waals surface area contributed by atoms with Crippen LogP contribution in [0.4, 0.5) is 18.3 Å². The highest BCUT2D eigenvalue weighted by Crippen LogP contribution is 2.39. The van der Waals surface area contributed by atoms with Crippen molar-refractivity contribution < 1.29 is 26.3 Å². The molecule has 1 aromatic carbocycles. The Bertz CT molecular complexity index is 1200. The topological polar surface area (TPSA) is 97.3 Å². The minimum Gasteiger partial charge on any atom is -0.496 e. The molecule has 0 atom stereocenters. The largest absolute Gasteiger partial charge is 0.496 e. The summed E-state index contributed by atoms with van der Waals surface area (Å²) >= 11 is 0.924. The summed E-state index contributed by atoms with van der Waals surface area (Å²) in [4.78, 5) is 8.17. The lowest BCUT2D eigenvalue weighted by molar-refractivity contribution is -0.137. The smallest absolute Gasteiger partial charge is 0.416 e. The van der Waals surface area contributed by atoms with Gasteiger partial charge in [0, 0.05) is 36.4 Å². The fraction of sp³-hybridized carbons (Fsp3) is 0.278. The number of nitrogens with zero attached hydrogens (tertiary/aromatic N) is 4. The van der Waals surface area contributed by atoms with Gasteiger partial charge in [-0.25, -0.2) is 9.71 Å². The van der Waals surface area contributed by atoms with Gasteiger partial charge in [0.15, 0.2) is 0 Å². The summed E-state index contributed by atoms with van der Waals surface area (Å²) in [6, 6.07) is 4.93. The van der Waals surface area contributed by atoms with E-state index in [-0.39, 0.29) is 24.0 Å². The second kappa shape index (κ2) is 8.05. The number of ether oxygens (including phenoxy) is 1. The molecule has 0 amide bonds. The number of rotatable bonds is 5. The third-order valence-corrected chi connectivity index (χ3v) is 6.96. The number of benzene rings is 1. The molecule has 3 heterocycles. The predicted octanol–water partition coefficient (Wildman–Crippen LogP) is 3.34. The molecule has 0 spiro atoms. The van der Waals surface area contributed by atoms with E-state index < -0.39 is 21.9 Å². The predicted molar refractivity (Wildman–Crippen MR) is 108 cm³/mol. The average Bonchev–Trinajstić information content (AvgIpc) is 3.24. The number of halogens is 3. The van der Waals surface area contributed by atoms with Crippen LogP contribution < -0.4 is 9.46 Å². The van der Waals surface area contributed by atoms with Crippen molar-refractivity contribution in [2.45, 2.75) is 19.1 Å². The first kappa shape index (κ1) is 21.5. The summed E-state index contributed by atoms with van der Waals surface area (Å²) in [7, 11) is -2.55. The summed E-state index contributed by atoms with van der Waals surface area (Å²) in [6.07, 6.45) is -1.41. The zero-order chi connectivity index (χ0) is 22.2. The Balaban J connectivity index is 1.66. The van der Waals surface area contributed by atoms with Crippen molar-refractivity contribution in [3.05, 3.63) is 53.5 Å². The number of hydrogen-bond acceptors (Lipinski definition) is 7. The molecule has 3 aromatic rings. The number of aromatic nitrogens is 3. The third-order valence-electron chi connectivity index (χ3n) is 4.81. The second-order valence-electron chi connectivity index (χ2n) is 6.65. The molecule has 8 nitrogen and oxygen atoms in total. The molecule has 2 aromatic heterocycles. The molecule has 0 saturated carbocycles. The Hall–Kier alpha value is -2.77. The molecule has 13 heteroatoms. The molecule has 0 radical (unpaired) electrons. The molecule has 0 saturated heterocycles. The lowest BCUT2D eigenvalue weighted by Crippen LogP contribution is -2.39. The van der Waals surface area contributed by atoms with Crippen molar-refractivity contribution in [1.82, 2.24) is 18.6 Å². The minimum absolute atomic E-state index is 0.0451. The minimum atomic E-state index is -4.50. The fourth-order valence-corrected chi connectivity index (χ4v) is 5.15. The van der Waals surface area contributed by atoms with E-state index in [2.05, 4.69) is 19.1 Å². The van der Waals surface area contributed by atoms with Gasteiger partial charge in [-0.05, 0) is 41.8 Å². The Morgan fingerprint density at radius 3 is 2.71 bits per heavy atom. The van der Waals surface area contributed by atoms with E-state index in [0.29, 0.717) is 23.2 Å². The van der Waals surface area contributed by atoms with E-state index in [1.807, 2.05) is 0 Å². The molecule has 1 aliphatic heterocycles. The normalized spacial score (nSPS) is 14.8. The van der Waals surface area contributed by atoms with Crippen molar-refractivity contribution in [1.29, 1.82) is 0 Å². The zero-order valence-electron chi connectivity index (χ0n) is 16.0. The van der Waals surface area contributed by atoms with E-state index >= 15 is 0 Å². The molecule has 164 valence electrons. The van der Waals surface area contributed by atoms with Gasteiger partial charge >= 0.3 is 16.4 Å². The van der Waals surface area contributed by atoms with Crippen molar-refractivity contribution in [3.8, 4) is 17.0 Å². The van der Waals surface area contributed by atoms with Crippen LogP contribution >= 0.6 is 11.5 Å². The molecule has 31 heavy (non-hydrogen) atoms. The van der Waals surface area contributed by atoms with Gasteiger partial charge in [0.1, 0.15) is 12.1 Å². The third kappa shape index (κ3) is 4.34. The number of nitrogens with one attached hydrogen (secondary N) is 1. The molecule has 1 N–H and O–H groups in total. The van der Waals surface area contributed by atoms with Gasteiger partial charge in [0.25, 0.3) is 0 Å². The van der Waals surface area contributed by atoms with E-state index in [4.69, 9.17) is 4.74 Å². The van der Waals surface area contributed by atoms with Crippen molar-refractivity contribution in [3.63, 3.8) is 0 Å². The Morgan fingerprint density at radius 2 is 2.03 bits per heavy atom. The summed E-state index contributed by atoms with van der Waals surface area (Å²) in [5.41, 5.74) is 1.54. The fourth-order valence-electron chi connectivity index (χ4n) is 3.36. The Morgan fingerprint density at radius 1 is 1.23 bits per heavy atom. The molecular formula is C18H16F3N5O3S2. The maximum Gasteiger partial charge on any atom is 0.416 e. The van der Waals surface area contributed by atoms with E-state index in [1.165, 1.54) is 30.0 Å². The standard InChI is InChI=1S/C18H16F3N5O3S2/c1-29-15-8-12(18(19,20)21)2-3-14(15)16-13-5-7-26(9-11(13)4-6-22-16)31(27,28)25-17-23-10-24-30-17/h2-4,6,8,10H,5,7,9H2,1H3,(H,23,24,25). The highest BCUT2D eigenvalue weighted by atomic mass is 32.2. The molecule has 0 fully saturated rings. The number of anilines is 1. The molecular weight excluding hydrogens is 455 g/mol. The molecule has 1 aliphatic rings. The first-order chi connectivity index (χ1) is 14.7. The number of alkyl halides is 3. The van der Waals surface area contributed by atoms with Gasteiger partial charge in [-0.15, -0.1) is 0 Å². The first-order valence-electron chi connectivity index (χ1n) is 8.96. The van der Waals surface area contributed by atoms with Crippen LogP contribution in [0.25, 0.3) is 11.3 Å². The number of hydrogen-bond donors (Lipinski definition) is 1. The van der Waals surface area contributed by atoms with Crippen LogP contribution in [0, 0.1) is 0 Å². The van der Waals surface area contributed by atoms with Gasteiger partial charge in [-0.1, -0.05) is 0 Å². The summed E-state index contributed by atoms with van der Waals surface area (Å²) < 4.78 is 77.1. The van der Waals surface area contributed by atoms with E-state index in [1.54, 1.807) is 6.07 Å². The van der Waals surface area contributed by atoms with Crippen LogP contribution in [0.15, 0.2) is 36.8 Å². The van der Waals surface area contributed by atoms with Gasteiger partial charge in [-0.2, -0.15) is 30.3 Å². The SMILES string of the molecule is COc1cc(C(F)(F)F)ccc1-c1nccc2c1CCN(S(=O)(=O)Nc1ncns1)C2. The Kier molecular flexibility index (Phi) is 5.58. The first-order valence-corrected chi connectivity index (χ1v) is 11.2. The molecule has 0 unspecified atom stereocenters. The average molecular weight is 471 g/mol. The number of methoxy groups -OCH3 is 1. The highest BCUT2D eigenvalue weighted by molar-refractivity contribution is 7.90. The molecule has 0 bridgehead atoms. The number of pyridine rings is 1. The summed E-state index contributed by atoms with van der Waals surface area (Å²) in [6.45, 7) is 0.255. The molecule has 0 aliphatic carbocycles. The maximum atomic E-state index is 13.1. The van der Waals surface area contributed by atoms with Crippen molar-refractivity contribution in [2.75, 3.05) is 18.4 Å². The van der Waals surface area contributed by atoms with Crippen molar-refractivity contribution in [2.24, 2.45) is 0 Å². The monoisotopic (exact) mass is 471 g/mol. The van der Waals surface area contributed by atoms with Gasteiger partial charge in [0.05, 0.1) is 18.4 Å². The highest BCUT2D eigenvalue weighted by Gasteiger charge is 2.33. The van der Waals surface area contributed by atoms with Gasteiger partial charge in [0.2, 0.25) is 5.13 Å². The van der Waals surface area contributed by atoms with E-state index in [0.717, 1.165) is 29.2 Å². The van der Waals surface area contributed by atoms with Crippen LogP contribution in [0.5, 0.6) is 5.75 Å². The Labute approximate surface area is 180 Å².